The van der Waals surface area contributed by atoms with Crippen LogP contribution < -0.4 is 10.1 Å². The smallest absolute Gasteiger partial charge is 0.137 e. The molecule has 4 nitrogen and oxygen atoms in total. The number of fused-ring (bicyclic) bond motifs is 1. The molecule has 3 atom stereocenters. The lowest BCUT2D eigenvalue weighted by atomic mass is 9.90. The lowest BCUT2D eigenvalue weighted by Gasteiger charge is -2.26. The Bertz CT molecular complexity index is 382. The Hall–Kier alpha value is -1.13. The van der Waals surface area contributed by atoms with Crippen molar-refractivity contribution in [2.45, 2.75) is 31.5 Å². The van der Waals surface area contributed by atoms with E-state index < -0.39 is 0 Å². The van der Waals surface area contributed by atoms with E-state index in [0.717, 1.165) is 31.7 Å². The zero-order valence-corrected chi connectivity index (χ0v) is 10.8. The van der Waals surface area contributed by atoms with Crippen molar-refractivity contribution in [2.75, 3.05) is 19.7 Å². The van der Waals surface area contributed by atoms with Gasteiger partial charge in [-0.3, -0.25) is 4.98 Å². The normalized spacial score (nSPS) is 35.2. The van der Waals surface area contributed by atoms with Gasteiger partial charge in [-0.15, -0.1) is 0 Å². The van der Waals surface area contributed by atoms with E-state index in [1.54, 1.807) is 12.4 Å². The second-order valence-electron chi connectivity index (χ2n) is 5.54. The maximum atomic E-state index is 6.19. The van der Waals surface area contributed by atoms with Crippen molar-refractivity contribution in [3.8, 4) is 5.75 Å². The Morgan fingerprint density at radius 1 is 1.61 bits per heavy atom. The molecule has 3 rings (SSSR count). The minimum absolute atomic E-state index is 0.156. The molecule has 0 radical (unpaired) electrons. The fourth-order valence-corrected chi connectivity index (χ4v) is 2.99. The standard InChI is InChI=1S/C14H20N2O2/c1-14(10-17-12-3-2-5-15-9-12)7-11-8-16-6-4-13(11)18-14/h2-3,5,9,11,13,16H,4,6-8,10H2,1H3/t11-,13+,14-/m1/s1. The van der Waals surface area contributed by atoms with Crippen LogP contribution in [0.2, 0.25) is 0 Å². The summed E-state index contributed by atoms with van der Waals surface area (Å²) in [6, 6.07) is 3.82. The molecule has 2 aliphatic heterocycles. The molecule has 0 unspecified atom stereocenters. The summed E-state index contributed by atoms with van der Waals surface area (Å²) in [6.45, 7) is 4.90. The van der Waals surface area contributed by atoms with Gasteiger partial charge in [0.05, 0.1) is 12.3 Å². The number of nitrogens with zero attached hydrogens (tertiary/aromatic N) is 1. The van der Waals surface area contributed by atoms with Gasteiger partial charge in [-0.2, -0.15) is 0 Å². The average molecular weight is 248 g/mol. The largest absolute Gasteiger partial charge is 0.489 e. The number of pyridine rings is 1. The topological polar surface area (TPSA) is 43.4 Å². The molecule has 0 saturated carbocycles. The summed E-state index contributed by atoms with van der Waals surface area (Å²) in [5.74, 6) is 1.46. The van der Waals surface area contributed by atoms with Crippen LogP contribution in [0.3, 0.4) is 0 Å². The molecule has 98 valence electrons. The van der Waals surface area contributed by atoms with E-state index in [-0.39, 0.29) is 5.60 Å². The van der Waals surface area contributed by atoms with Gasteiger partial charge in [-0.25, -0.2) is 0 Å². The maximum absolute atomic E-state index is 6.19. The third kappa shape index (κ3) is 2.49. The number of hydrogen-bond acceptors (Lipinski definition) is 4. The number of ether oxygens (including phenoxy) is 2. The van der Waals surface area contributed by atoms with Gasteiger partial charge in [0.15, 0.2) is 0 Å². The van der Waals surface area contributed by atoms with Gasteiger partial charge in [0.25, 0.3) is 0 Å². The molecular weight excluding hydrogens is 228 g/mol. The number of nitrogens with one attached hydrogen (secondary N) is 1. The first-order chi connectivity index (χ1) is 8.75. The molecule has 18 heavy (non-hydrogen) atoms. The summed E-state index contributed by atoms with van der Waals surface area (Å²) in [5.41, 5.74) is -0.156. The van der Waals surface area contributed by atoms with Crippen LogP contribution in [0.1, 0.15) is 19.8 Å². The monoisotopic (exact) mass is 248 g/mol. The molecule has 4 heteroatoms. The Morgan fingerprint density at radius 3 is 3.33 bits per heavy atom. The zero-order valence-electron chi connectivity index (χ0n) is 10.8. The van der Waals surface area contributed by atoms with E-state index >= 15 is 0 Å². The van der Waals surface area contributed by atoms with Gasteiger partial charge in [0.2, 0.25) is 0 Å². The Morgan fingerprint density at radius 2 is 2.56 bits per heavy atom. The Balaban J connectivity index is 1.59. The highest BCUT2D eigenvalue weighted by Gasteiger charge is 2.44. The molecular formula is C14H20N2O2. The van der Waals surface area contributed by atoms with Crippen LogP contribution in [0.4, 0.5) is 0 Å². The summed E-state index contributed by atoms with van der Waals surface area (Å²) in [4.78, 5) is 4.05. The molecule has 3 heterocycles. The van der Waals surface area contributed by atoms with E-state index in [0.29, 0.717) is 18.6 Å². The van der Waals surface area contributed by atoms with Gasteiger partial charge in [-0.05, 0) is 38.4 Å². The summed E-state index contributed by atoms with van der Waals surface area (Å²) in [5, 5.41) is 3.44. The fraction of sp³-hybridized carbons (Fsp3) is 0.643. The molecule has 0 aliphatic carbocycles. The molecule has 0 aromatic carbocycles. The van der Waals surface area contributed by atoms with E-state index in [1.165, 1.54) is 0 Å². The van der Waals surface area contributed by atoms with Crippen LogP contribution in [0.15, 0.2) is 24.5 Å². The maximum Gasteiger partial charge on any atom is 0.137 e. The van der Waals surface area contributed by atoms with Gasteiger partial charge in [-0.1, -0.05) is 0 Å². The van der Waals surface area contributed by atoms with Gasteiger partial charge in [0, 0.05) is 18.7 Å². The third-order valence-corrected chi connectivity index (χ3v) is 3.85. The number of hydrogen-bond donors (Lipinski definition) is 1. The fourth-order valence-electron chi connectivity index (χ4n) is 2.99. The first kappa shape index (κ1) is 11.9. The van der Waals surface area contributed by atoms with Crippen LogP contribution in [0.5, 0.6) is 5.75 Å². The molecule has 2 saturated heterocycles. The Kier molecular flexibility index (Phi) is 3.22. The van der Waals surface area contributed by atoms with Gasteiger partial charge < -0.3 is 14.8 Å². The molecule has 2 fully saturated rings. The zero-order chi connectivity index (χ0) is 12.4. The van der Waals surface area contributed by atoms with Crippen molar-refractivity contribution < 1.29 is 9.47 Å². The van der Waals surface area contributed by atoms with E-state index in [4.69, 9.17) is 9.47 Å². The van der Waals surface area contributed by atoms with Crippen molar-refractivity contribution in [2.24, 2.45) is 5.92 Å². The van der Waals surface area contributed by atoms with Crippen LogP contribution >= 0.6 is 0 Å². The molecule has 0 amide bonds. The minimum Gasteiger partial charge on any atom is -0.489 e. The quantitative estimate of drug-likeness (QED) is 0.882. The third-order valence-electron chi connectivity index (χ3n) is 3.85. The second kappa shape index (κ2) is 4.86. The summed E-state index contributed by atoms with van der Waals surface area (Å²) in [7, 11) is 0. The lowest BCUT2D eigenvalue weighted by molar-refractivity contribution is -0.0622. The van der Waals surface area contributed by atoms with Crippen molar-refractivity contribution >= 4 is 0 Å². The molecule has 2 aliphatic rings. The summed E-state index contributed by atoms with van der Waals surface area (Å²) in [6.07, 6.45) is 6.10. The van der Waals surface area contributed by atoms with Crippen molar-refractivity contribution in [1.29, 1.82) is 0 Å². The highest BCUT2D eigenvalue weighted by molar-refractivity contribution is 5.15. The molecule has 1 N–H and O–H groups in total. The Labute approximate surface area is 108 Å². The van der Waals surface area contributed by atoms with Crippen molar-refractivity contribution in [3.05, 3.63) is 24.5 Å². The summed E-state index contributed by atoms with van der Waals surface area (Å²) < 4.78 is 12.0. The molecule has 0 spiro atoms. The predicted octanol–water partition coefficient (Wildman–Crippen LogP) is 1.62. The second-order valence-corrected chi connectivity index (χ2v) is 5.54. The summed E-state index contributed by atoms with van der Waals surface area (Å²) >= 11 is 0. The van der Waals surface area contributed by atoms with Crippen LogP contribution in [0.25, 0.3) is 0 Å². The number of aromatic nitrogens is 1. The minimum atomic E-state index is -0.156. The highest BCUT2D eigenvalue weighted by atomic mass is 16.6. The first-order valence-electron chi connectivity index (χ1n) is 6.67. The lowest BCUT2D eigenvalue weighted by Crippen LogP contribution is -2.37. The van der Waals surface area contributed by atoms with Gasteiger partial charge >= 0.3 is 0 Å². The first-order valence-corrected chi connectivity index (χ1v) is 6.67. The van der Waals surface area contributed by atoms with Crippen LogP contribution in [0, 0.1) is 5.92 Å². The van der Waals surface area contributed by atoms with E-state index in [1.807, 2.05) is 12.1 Å². The average Bonchev–Trinajstić information content (AvgIpc) is 2.74. The number of piperidine rings is 1. The SMILES string of the molecule is C[C@]1(COc2cccnc2)C[C@@H]2CNCC[C@@H]2O1. The number of rotatable bonds is 3. The highest BCUT2D eigenvalue weighted by Crippen LogP contribution is 2.37. The van der Waals surface area contributed by atoms with Crippen LogP contribution in [-0.4, -0.2) is 36.4 Å². The molecule has 1 aromatic heterocycles. The van der Waals surface area contributed by atoms with E-state index in [2.05, 4.69) is 17.2 Å². The van der Waals surface area contributed by atoms with Gasteiger partial charge in [0.1, 0.15) is 18.0 Å². The molecule has 0 bridgehead atoms. The predicted molar refractivity (Wildman–Crippen MR) is 68.6 cm³/mol. The van der Waals surface area contributed by atoms with Crippen molar-refractivity contribution in [3.63, 3.8) is 0 Å². The molecule has 1 aromatic rings. The van der Waals surface area contributed by atoms with E-state index in [9.17, 15) is 0 Å². The van der Waals surface area contributed by atoms with Crippen molar-refractivity contribution in [1.82, 2.24) is 10.3 Å². The van der Waals surface area contributed by atoms with Crippen LogP contribution in [-0.2, 0) is 4.74 Å².